The number of nitrogens with zero attached hydrogens (tertiary/aromatic N) is 2. The van der Waals surface area contributed by atoms with Crippen molar-refractivity contribution in [3.8, 4) is 11.1 Å². The van der Waals surface area contributed by atoms with Gasteiger partial charge in [-0.2, -0.15) is 5.10 Å². The summed E-state index contributed by atoms with van der Waals surface area (Å²) in [4.78, 5) is 4.36. The van der Waals surface area contributed by atoms with Crippen LogP contribution in [0.4, 0.5) is 5.82 Å². The number of H-pyrrole nitrogens is 1. The molecular formula is C10H10N4. The second kappa shape index (κ2) is 2.83. The van der Waals surface area contributed by atoms with Crippen molar-refractivity contribution in [3.63, 3.8) is 0 Å². The minimum Gasteiger partial charge on any atom is -0.370 e. The van der Waals surface area contributed by atoms with E-state index in [4.69, 9.17) is 0 Å². The van der Waals surface area contributed by atoms with Gasteiger partial charge in [0.05, 0.1) is 6.20 Å². The number of hydrogen-bond donors (Lipinski definition) is 2. The molecule has 0 saturated carbocycles. The molecule has 0 fully saturated rings. The number of anilines is 1. The predicted molar refractivity (Wildman–Crippen MR) is 54.0 cm³/mol. The van der Waals surface area contributed by atoms with Gasteiger partial charge < -0.3 is 5.32 Å². The number of nitrogens with one attached hydrogen (secondary N) is 2. The van der Waals surface area contributed by atoms with Gasteiger partial charge in [-0.25, -0.2) is 4.98 Å². The van der Waals surface area contributed by atoms with E-state index < -0.39 is 0 Å². The summed E-state index contributed by atoms with van der Waals surface area (Å²) >= 11 is 0. The Hall–Kier alpha value is -1.84. The third kappa shape index (κ3) is 1.08. The predicted octanol–water partition coefficient (Wildman–Crippen LogP) is 1.44. The summed E-state index contributed by atoms with van der Waals surface area (Å²) in [6.07, 6.45) is 6.63. The molecule has 0 bridgehead atoms. The lowest BCUT2D eigenvalue weighted by Gasteiger charge is -2.00. The minimum absolute atomic E-state index is 0.997. The molecule has 4 nitrogen and oxygen atoms in total. The van der Waals surface area contributed by atoms with Gasteiger partial charge in [-0.3, -0.25) is 5.10 Å². The van der Waals surface area contributed by atoms with Crippen LogP contribution in [0.1, 0.15) is 5.56 Å². The van der Waals surface area contributed by atoms with E-state index in [2.05, 4.69) is 26.6 Å². The van der Waals surface area contributed by atoms with Crippen molar-refractivity contribution in [1.82, 2.24) is 15.2 Å². The van der Waals surface area contributed by atoms with E-state index in [1.807, 2.05) is 18.6 Å². The van der Waals surface area contributed by atoms with E-state index in [0.29, 0.717) is 0 Å². The number of pyridine rings is 1. The fourth-order valence-electron chi connectivity index (χ4n) is 1.74. The van der Waals surface area contributed by atoms with Gasteiger partial charge >= 0.3 is 0 Å². The standard InChI is InChI=1S/C10H10N4/c1-2-11-10-7(1)3-8(4-12-10)9-5-13-14-6-9/h3-6H,1-2H2,(H,11,12)(H,13,14). The van der Waals surface area contributed by atoms with Crippen LogP contribution >= 0.6 is 0 Å². The molecule has 0 atom stereocenters. The Bertz CT molecular complexity index is 447. The van der Waals surface area contributed by atoms with Crippen molar-refractivity contribution < 1.29 is 0 Å². The lowest BCUT2D eigenvalue weighted by atomic mass is 10.1. The molecule has 2 aromatic heterocycles. The van der Waals surface area contributed by atoms with Gasteiger partial charge in [0.15, 0.2) is 0 Å². The summed E-state index contributed by atoms with van der Waals surface area (Å²) in [6, 6.07) is 2.17. The highest BCUT2D eigenvalue weighted by Crippen LogP contribution is 2.25. The van der Waals surface area contributed by atoms with Gasteiger partial charge in [0.2, 0.25) is 0 Å². The van der Waals surface area contributed by atoms with Crippen LogP contribution in [0.25, 0.3) is 11.1 Å². The maximum atomic E-state index is 4.36. The largest absolute Gasteiger partial charge is 0.370 e. The zero-order valence-corrected chi connectivity index (χ0v) is 7.62. The molecular weight excluding hydrogens is 176 g/mol. The molecule has 0 amide bonds. The summed E-state index contributed by atoms with van der Waals surface area (Å²) in [5.41, 5.74) is 3.51. The fourth-order valence-corrected chi connectivity index (χ4v) is 1.74. The van der Waals surface area contributed by atoms with Gasteiger partial charge in [-0.1, -0.05) is 0 Å². The first-order chi connectivity index (χ1) is 6.93. The molecule has 0 unspecified atom stereocenters. The molecule has 0 saturated heterocycles. The van der Waals surface area contributed by atoms with Crippen molar-refractivity contribution >= 4 is 5.82 Å². The molecule has 3 heterocycles. The zero-order chi connectivity index (χ0) is 9.38. The molecule has 1 aliphatic heterocycles. The summed E-state index contributed by atoms with van der Waals surface area (Å²) < 4.78 is 0. The average molecular weight is 186 g/mol. The third-order valence-electron chi connectivity index (χ3n) is 2.48. The van der Waals surface area contributed by atoms with Crippen LogP contribution in [-0.4, -0.2) is 21.7 Å². The third-order valence-corrected chi connectivity index (χ3v) is 2.48. The topological polar surface area (TPSA) is 53.6 Å². The second-order valence-electron chi connectivity index (χ2n) is 3.40. The number of rotatable bonds is 1. The molecule has 1 aliphatic rings. The summed E-state index contributed by atoms with van der Waals surface area (Å²) in [7, 11) is 0. The van der Waals surface area contributed by atoms with Crippen LogP contribution in [-0.2, 0) is 6.42 Å². The second-order valence-corrected chi connectivity index (χ2v) is 3.40. The smallest absolute Gasteiger partial charge is 0.129 e. The van der Waals surface area contributed by atoms with Crippen LogP contribution in [0.15, 0.2) is 24.7 Å². The summed E-state index contributed by atoms with van der Waals surface area (Å²) in [6.45, 7) is 0.997. The Kier molecular flexibility index (Phi) is 1.53. The molecule has 4 heteroatoms. The molecule has 2 N–H and O–H groups in total. The molecule has 70 valence electrons. The SMILES string of the molecule is c1n[nH]cc1-c1cnc2c(c1)CCN2. The molecule has 0 spiro atoms. The molecule has 0 aromatic carbocycles. The van der Waals surface area contributed by atoms with E-state index in [0.717, 1.165) is 29.9 Å². The molecule has 2 aromatic rings. The number of aromatic amines is 1. The minimum atomic E-state index is 0.997. The van der Waals surface area contributed by atoms with E-state index in [9.17, 15) is 0 Å². The first kappa shape index (κ1) is 7.55. The fraction of sp³-hybridized carbons (Fsp3) is 0.200. The first-order valence-corrected chi connectivity index (χ1v) is 4.65. The van der Waals surface area contributed by atoms with Crippen molar-refractivity contribution in [2.75, 3.05) is 11.9 Å². The number of fused-ring (bicyclic) bond motifs is 1. The van der Waals surface area contributed by atoms with E-state index >= 15 is 0 Å². The van der Waals surface area contributed by atoms with Crippen LogP contribution in [0.5, 0.6) is 0 Å². The molecule has 3 rings (SSSR count). The highest BCUT2D eigenvalue weighted by Gasteiger charge is 2.12. The Morgan fingerprint density at radius 2 is 2.21 bits per heavy atom. The zero-order valence-electron chi connectivity index (χ0n) is 7.62. The van der Waals surface area contributed by atoms with E-state index in [-0.39, 0.29) is 0 Å². The lowest BCUT2D eigenvalue weighted by Crippen LogP contribution is -1.92. The Balaban J connectivity index is 2.09. The van der Waals surface area contributed by atoms with Gasteiger partial charge in [0, 0.05) is 30.1 Å². The van der Waals surface area contributed by atoms with Gasteiger partial charge in [-0.15, -0.1) is 0 Å². The normalized spacial score (nSPS) is 13.7. The summed E-state index contributed by atoms with van der Waals surface area (Å²) in [5, 5.41) is 9.96. The van der Waals surface area contributed by atoms with Crippen molar-refractivity contribution in [2.45, 2.75) is 6.42 Å². The van der Waals surface area contributed by atoms with Gasteiger partial charge in [0.25, 0.3) is 0 Å². The molecule has 14 heavy (non-hydrogen) atoms. The lowest BCUT2D eigenvalue weighted by molar-refractivity contribution is 1.09. The number of aromatic nitrogens is 3. The van der Waals surface area contributed by atoms with Gasteiger partial charge in [0.1, 0.15) is 5.82 Å². The Morgan fingerprint density at radius 1 is 1.21 bits per heavy atom. The van der Waals surface area contributed by atoms with Gasteiger partial charge in [-0.05, 0) is 18.1 Å². The average Bonchev–Trinajstić information content (AvgIpc) is 2.88. The number of hydrogen-bond acceptors (Lipinski definition) is 3. The maximum absolute atomic E-state index is 4.36. The molecule has 0 radical (unpaired) electrons. The van der Waals surface area contributed by atoms with E-state index in [1.54, 1.807) is 0 Å². The maximum Gasteiger partial charge on any atom is 0.129 e. The van der Waals surface area contributed by atoms with Crippen LogP contribution in [0, 0.1) is 0 Å². The Labute approximate surface area is 81.4 Å². The first-order valence-electron chi connectivity index (χ1n) is 4.65. The van der Waals surface area contributed by atoms with Crippen molar-refractivity contribution in [2.24, 2.45) is 0 Å². The van der Waals surface area contributed by atoms with Crippen molar-refractivity contribution in [1.29, 1.82) is 0 Å². The van der Waals surface area contributed by atoms with Crippen molar-refractivity contribution in [3.05, 3.63) is 30.2 Å². The van der Waals surface area contributed by atoms with Crippen LogP contribution in [0.3, 0.4) is 0 Å². The quantitative estimate of drug-likeness (QED) is 0.708. The van der Waals surface area contributed by atoms with Crippen LogP contribution < -0.4 is 5.32 Å². The summed E-state index contributed by atoms with van der Waals surface area (Å²) in [5.74, 6) is 1.03. The highest BCUT2D eigenvalue weighted by molar-refractivity contribution is 5.65. The Morgan fingerprint density at radius 3 is 3.07 bits per heavy atom. The van der Waals surface area contributed by atoms with E-state index in [1.165, 1.54) is 5.56 Å². The molecule has 0 aliphatic carbocycles. The monoisotopic (exact) mass is 186 g/mol. The highest BCUT2D eigenvalue weighted by atomic mass is 15.1. The van der Waals surface area contributed by atoms with Crippen LogP contribution in [0.2, 0.25) is 0 Å².